The molecule has 0 spiro atoms. The van der Waals surface area contributed by atoms with Gasteiger partial charge in [0.25, 0.3) is 0 Å². The number of carbonyl (C=O) groups is 1. The third-order valence-corrected chi connectivity index (χ3v) is 3.70. The summed E-state index contributed by atoms with van der Waals surface area (Å²) in [4.78, 5) is 28.4. The number of amides is 1. The van der Waals surface area contributed by atoms with E-state index in [4.69, 9.17) is 0 Å². The Labute approximate surface area is 136 Å². The topological polar surface area (TPSA) is 92.7 Å². The minimum Gasteiger partial charge on any atom is -0.352 e. The number of aromatic nitrogens is 4. The van der Waals surface area contributed by atoms with Crippen molar-refractivity contribution in [1.29, 1.82) is 0 Å². The van der Waals surface area contributed by atoms with Crippen LogP contribution in [0.2, 0.25) is 0 Å². The first-order valence-corrected chi connectivity index (χ1v) is 7.81. The summed E-state index contributed by atoms with van der Waals surface area (Å²) in [7, 11) is 0. The lowest BCUT2D eigenvalue weighted by Gasteiger charge is -2.03. The van der Waals surface area contributed by atoms with Crippen LogP contribution in [0.3, 0.4) is 0 Å². The predicted octanol–water partition coefficient (Wildman–Crippen LogP) is 1.93. The second kappa shape index (κ2) is 7.41. The van der Waals surface area contributed by atoms with Crippen LogP contribution in [0.4, 0.5) is 11.1 Å². The summed E-state index contributed by atoms with van der Waals surface area (Å²) in [6.45, 7) is 0.458. The van der Waals surface area contributed by atoms with E-state index in [2.05, 4.69) is 30.6 Å². The molecule has 0 aliphatic carbocycles. The molecule has 3 heterocycles. The molecule has 7 nitrogen and oxygen atoms in total. The molecule has 0 aliphatic rings. The van der Waals surface area contributed by atoms with Gasteiger partial charge in [-0.25, -0.2) is 15.0 Å². The summed E-state index contributed by atoms with van der Waals surface area (Å²) in [5, 5.41) is 8.35. The predicted molar refractivity (Wildman–Crippen MR) is 87.2 cm³/mol. The van der Waals surface area contributed by atoms with Crippen LogP contribution in [0.25, 0.3) is 0 Å². The average Bonchev–Trinajstić information content (AvgIpc) is 3.02. The fourth-order valence-corrected chi connectivity index (χ4v) is 2.54. The van der Waals surface area contributed by atoms with Crippen molar-refractivity contribution < 1.29 is 4.79 Å². The van der Waals surface area contributed by atoms with Crippen LogP contribution in [0, 0.1) is 0 Å². The lowest BCUT2D eigenvalue weighted by molar-refractivity contribution is -0.120. The maximum absolute atomic E-state index is 11.9. The van der Waals surface area contributed by atoms with Crippen molar-refractivity contribution in [3.05, 3.63) is 59.6 Å². The number of carbonyl (C=O) groups excluding carboxylic acids is 1. The van der Waals surface area contributed by atoms with Crippen molar-refractivity contribution in [2.45, 2.75) is 13.0 Å². The van der Waals surface area contributed by atoms with Crippen molar-refractivity contribution in [3.8, 4) is 0 Å². The lowest BCUT2D eigenvalue weighted by atomic mass is 10.2. The Morgan fingerprint density at radius 1 is 1.17 bits per heavy atom. The number of nitrogens with one attached hydrogen (secondary N) is 2. The molecule has 3 aromatic heterocycles. The van der Waals surface area contributed by atoms with Crippen molar-refractivity contribution in [1.82, 2.24) is 25.3 Å². The average molecular weight is 326 g/mol. The van der Waals surface area contributed by atoms with Crippen molar-refractivity contribution in [2.75, 3.05) is 5.32 Å². The van der Waals surface area contributed by atoms with Gasteiger partial charge >= 0.3 is 0 Å². The Bertz CT molecular complexity index is 762. The smallest absolute Gasteiger partial charge is 0.228 e. The first-order valence-electron chi connectivity index (χ1n) is 6.93. The number of anilines is 2. The third-order valence-electron chi connectivity index (χ3n) is 2.89. The minimum atomic E-state index is -0.0818. The molecule has 0 fully saturated rings. The molecule has 0 radical (unpaired) electrons. The highest BCUT2D eigenvalue weighted by atomic mass is 32.1. The summed E-state index contributed by atoms with van der Waals surface area (Å²) in [5.41, 5.74) is 1.67. The zero-order valence-electron chi connectivity index (χ0n) is 12.1. The van der Waals surface area contributed by atoms with Crippen LogP contribution in [0.15, 0.2) is 48.4 Å². The van der Waals surface area contributed by atoms with E-state index in [1.165, 1.54) is 11.3 Å². The number of pyridine rings is 1. The van der Waals surface area contributed by atoms with Gasteiger partial charge in [-0.3, -0.25) is 9.78 Å². The number of rotatable bonds is 6. The van der Waals surface area contributed by atoms with Crippen LogP contribution >= 0.6 is 11.3 Å². The number of thiazole rings is 1. The number of nitrogens with zero attached hydrogens (tertiary/aromatic N) is 4. The van der Waals surface area contributed by atoms with Gasteiger partial charge in [0.1, 0.15) is 0 Å². The fraction of sp³-hybridized carbons (Fsp3) is 0.133. The number of hydrogen-bond acceptors (Lipinski definition) is 7. The van der Waals surface area contributed by atoms with E-state index in [1.54, 1.807) is 30.9 Å². The van der Waals surface area contributed by atoms with Crippen LogP contribution in [0.1, 0.15) is 11.3 Å². The van der Waals surface area contributed by atoms with E-state index in [-0.39, 0.29) is 12.3 Å². The van der Waals surface area contributed by atoms with E-state index in [9.17, 15) is 4.79 Å². The molecule has 116 valence electrons. The monoisotopic (exact) mass is 326 g/mol. The largest absolute Gasteiger partial charge is 0.352 e. The van der Waals surface area contributed by atoms with Gasteiger partial charge in [0.2, 0.25) is 11.9 Å². The molecule has 0 atom stereocenters. The molecule has 0 saturated heterocycles. The molecular formula is C15H14N6OS. The highest BCUT2D eigenvalue weighted by molar-refractivity contribution is 7.13. The molecule has 3 aromatic rings. The molecule has 0 saturated carbocycles. The van der Waals surface area contributed by atoms with E-state index in [0.717, 1.165) is 5.56 Å². The Morgan fingerprint density at radius 3 is 2.83 bits per heavy atom. The normalized spacial score (nSPS) is 10.3. The quantitative estimate of drug-likeness (QED) is 0.719. The standard InChI is InChI=1S/C15H14N6OS/c22-13(19-9-11-3-1-4-16-8-11)7-12-10-23-15(20-12)21-14-17-5-2-6-18-14/h1-6,8,10H,7,9H2,(H,19,22)(H,17,18,20,21). The summed E-state index contributed by atoms with van der Waals surface area (Å²) in [6.07, 6.45) is 6.95. The highest BCUT2D eigenvalue weighted by Crippen LogP contribution is 2.18. The Kier molecular flexibility index (Phi) is 4.85. The zero-order valence-corrected chi connectivity index (χ0v) is 13.0. The molecule has 23 heavy (non-hydrogen) atoms. The van der Waals surface area contributed by atoms with Gasteiger partial charge in [-0.2, -0.15) is 0 Å². The first-order chi connectivity index (χ1) is 11.3. The van der Waals surface area contributed by atoms with E-state index in [1.807, 2.05) is 17.5 Å². The van der Waals surface area contributed by atoms with Gasteiger partial charge in [0.15, 0.2) is 5.13 Å². The maximum Gasteiger partial charge on any atom is 0.228 e. The second-order valence-corrected chi connectivity index (χ2v) is 5.51. The van der Waals surface area contributed by atoms with Crippen LogP contribution < -0.4 is 10.6 Å². The number of hydrogen-bond donors (Lipinski definition) is 2. The van der Waals surface area contributed by atoms with Gasteiger partial charge in [0, 0.05) is 36.7 Å². The minimum absolute atomic E-state index is 0.0818. The summed E-state index contributed by atoms with van der Waals surface area (Å²) in [6, 6.07) is 5.49. The van der Waals surface area contributed by atoms with E-state index in [0.29, 0.717) is 23.3 Å². The van der Waals surface area contributed by atoms with Crippen LogP contribution in [-0.4, -0.2) is 25.8 Å². The van der Waals surface area contributed by atoms with Crippen molar-refractivity contribution >= 4 is 28.3 Å². The molecular weight excluding hydrogens is 312 g/mol. The highest BCUT2D eigenvalue weighted by Gasteiger charge is 2.08. The molecule has 0 aliphatic heterocycles. The molecule has 2 N–H and O–H groups in total. The van der Waals surface area contributed by atoms with Crippen LogP contribution in [0.5, 0.6) is 0 Å². The van der Waals surface area contributed by atoms with Gasteiger partial charge in [-0.1, -0.05) is 6.07 Å². The Hall–Kier alpha value is -2.87. The molecule has 1 amide bonds. The molecule has 3 rings (SSSR count). The van der Waals surface area contributed by atoms with Crippen LogP contribution in [-0.2, 0) is 17.8 Å². The van der Waals surface area contributed by atoms with E-state index < -0.39 is 0 Å². The second-order valence-electron chi connectivity index (χ2n) is 4.66. The van der Waals surface area contributed by atoms with E-state index >= 15 is 0 Å². The lowest BCUT2D eigenvalue weighted by Crippen LogP contribution is -2.24. The third kappa shape index (κ3) is 4.55. The summed E-state index contributed by atoms with van der Waals surface area (Å²) < 4.78 is 0. The maximum atomic E-state index is 11.9. The molecule has 0 aromatic carbocycles. The zero-order chi connectivity index (χ0) is 15.9. The summed E-state index contributed by atoms with van der Waals surface area (Å²) >= 11 is 1.41. The van der Waals surface area contributed by atoms with Gasteiger partial charge in [-0.15, -0.1) is 11.3 Å². The Balaban J connectivity index is 1.51. The Morgan fingerprint density at radius 2 is 2.04 bits per heavy atom. The molecule has 8 heteroatoms. The van der Waals surface area contributed by atoms with Gasteiger partial charge < -0.3 is 10.6 Å². The van der Waals surface area contributed by atoms with Gasteiger partial charge in [-0.05, 0) is 17.7 Å². The van der Waals surface area contributed by atoms with Crippen molar-refractivity contribution in [3.63, 3.8) is 0 Å². The van der Waals surface area contributed by atoms with Crippen molar-refractivity contribution in [2.24, 2.45) is 0 Å². The SMILES string of the molecule is O=C(Cc1csc(Nc2ncccn2)n1)NCc1cccnc1. The first kappa shape index (κ1) is 15.0. The fourth-order valence-electron chi connectivity index (χ4n) is 1.84. The summed E-state index contributed by atoms with van der Waals surface area (Å²) in [5.74, 6) is 0.399. The molecule has 0 unspecified atom stereocenters. The van der Waals surface area contributed by atoms with Gasteiger partial charge in [0.05, 0.1) is 12.1 Å². The molecule has 0 bridgehead atoms.